The fraction of sp³-hybridized carbons (Fsp3) is 0.300. The molecule has 0 saturated heterocycles. The first-order chi connectivity index (χ1) is 7.54. The fourth-order valence-electron chi connectivity index (χ4n) is 1.17. The fourth-order valence-corrected chi connectivity index (χ4v) is 1.17. The molecule has 0 unspecified atom stereocenters. The minimum absolute atomic E-state index is 0.142. The summed E-state index contributed by atoms with van der Waals surface area (Å²) in [6, 6.07) is 1.58. The molecule has 3 N–H and O–H groups in total. The molecule has 1 heterocycles. The van der Waals surface area contributed by atoms with Gasteiger partial charge in [0.2, 0.25) is 5.56 Å². The number of pyridine rings is 1. The maximum Gasteiger partial charge on any atom is 0.326 e. The lowest BCUT2D eigenvalue weighted by molar-refractivity contribution is -0.139. The van der Waals surface area contributed by atoms with Gasteiger partial charge in [0, 0.05) is 17.8 Å². The summed E-state index contributed by atoms with van der Waals surface area (Å²) in [6.45, 7) is 1.65. The highest BCUT2D eigenvalue weighted by Crippen LogP contribution is 1.97. The molecule has 0 spiro atoms. The predicted molar refractivity (Wildman–Crippen MR) is 56.2 cm³/mol. The number of hydrogen-bond donors (Lipinski definition) is 3. The van der Waals surface area contributed by atoms with E-state index in [1.54, 1.807) is 6.92 Å². The van der Waals surface area contributed by atoms with Crippen LogP contribution in [0.25, 0.3) is 0 Å². The number of carbonyl (C=O) groups is 2. The zero-order valence-corrected chi connectivity index (χ0v) is 8.69. The maximum absolute atomic E-state index is 11.5. The molecule has 0 aliphatic carbocycles. The number of aromatic nitrogens is 1. The van der Waals surface area contributed by atoms with Crippen LogP contribution in [0.4, 0.5) is 0 Å². The standard InChI is InChI=1S/C10H12N2O4/c1-2-7(10(15)16)12-9(14)6-3-4-11-8(13)5-6/h3-5,7H,2H2,1H3,(H,11,13)(H,12,14)(H,15,16)/t7-/m0/s1. The molecule has 6 nitrogen and oxygen atoms in total. The number of hydrogen-bond acceptors (Lipinski definition) is 3. The summed E-state index contributed by atoms with van der Waals surface area (Å²) < 4.78 is 0. The number of H-pyrrole nitrogens is 1. The van der Waals surface area contributed by atoms with E-state index in [-0.39, 0.29) is 12.0 Å². The lowest BCUT2D eigenvalue weighted by Crippen LogP contribution is -2.40. The topological polar surface area (TPSA) is 99.3 Å². The molecule has 0 saturated carbocycles. The Kier molecular flexibility index (Phi) is 3.82. The lowest BCUT2D eigenvalue weighted by atomic mass is 10.2. The van der Waals surface area contributed by atoms with Gasteiger partial charge in [-0.15, -0.1) is 0 Å². The first kappa shape index (κ1) is 12.0. The first-order valence-corrected chi connectivity index (χ1v) is 4.77. The summed E-state index contributed by atoms with van der Waals surface area (Å²) in [4.78, 5) is 35.5. The van der Waals surface area contributed by atoms with E-state index in [4.69, 9.17) is 5.11 Å². The maximum atomic E-state index is 11.5. The molecule has 0 aliphatic heterocycles. The highest BCUT2D eigenvalue weighted by atomic mass is 16.4. The van der Waals surface area contributed by atoms with Gasteiger partial charge in [-0.3, -0.25) is 9.59 Å². The SMILES string of the molecule is CC[C@H](NC(=O)c1cc[nH]c(=O)c1)C(=O)O. The van der Waals surface area contributed by atoms with Crippen molar-refractivity contribution in [1.29, 1.82) is 0 Å². The number of amides is 1. The van der Waals surface area contributed by atoms with Crippen LogP contribution in [0.1, 0.15) is 23.7 Å². The van der Waals surface area contributed by atoms with Crippen LogP contribution in [0.2, 0.25) is 0 Å². The summed E-state index contributed by atoms with van der Waals surface area (Å²) >= 11 is 0. The Bertz CT molecular complexity index is 452. The quantitative estimate of drug-likeness (QED) is 0.668. The van der Waals surface area contributed by atoms with Gasteiger partial charge in [0.05, 0.1) is 0 Å². The van der Waals surface area contributed by atoms with E-state index in [9.17, 15) is 14.4 Å². The predicted octanol–water partition coefficient (Wildman–Crippen LogP) is -0.0321. The second kappa shape index (κ2) is 5.11. The van der Waals surface area contributed by atoms with Crippen LogP contribution in [0.15, 0.2) is 23.1 Å². The van der Waals surface area contributed by atoms with Crippen LogP contribution in [0.5, 0.6) is 0 Å². The number of aliphatic carboxylic acids is 1. The zero-order chi connectivity index (χ0) is 12.1. The molecule has 0 aromatic carbocycles. The summed E-state index contributed by atoms with van der Waals surface area (Å²) in [5.41, 5.74) is -0.264. The van der Waals surface area contributed by atoms with E-state index in [1.807, 2.05) is 0 Å². The second-order valence-corrected chi connectivity index (χ2v) is 3.21. The van der Waals surface area contributed by atoms with Gasteiger partial charge in [-0.05, 0) is 12.5 Å². The molecular formula is C10H12N2O4. The number of rotatable bonds is 4. The highest BCUT2D eigenvalue weighted by Gasteiger charge is 2.18. The molecule has 0 radical (unpaired) electrons. The van der Waals surface area contributed by atoms with Crippen LogP contribution in [-0.2, 0) is 4.79 Å². The van der Waals surface area contributed by atoms with Gasteiger partial charge in [-0.1, -0.05) is 6.92 Å². The molecule has 0 fully saturated rings. The van der Waals surface area contributed by atoms with Crippen molar-refractivity contribution in [3.8, 4) is 0 Å². The minimum Gasteiger partial charge on any atom is -0.480 e. The molecule has 0 aliphatic rings. The third-order valence-corrected chi connectivity index (χ3v) is 2.05. The number of nitrogens with one attached hydrogen (secondary N) is 2. The molecular weight excluding hydrogens is 212 g/mol. The van der Waals surface area contributed by atoms with E-state index in [1.165, 1.54) is 12.3 Å². The average molecular weight is 224 g/mol. The van der Waals surface area contributed by atoms with E-state index in [2.05, 4.69) is 10.3 Å². The molecule has 1 rings (SSSR count). The van der Waals surface area contributed by atoms with Crippen LogP contribution in [0, 0.1) is 0 Å². The van der Waals surface area contributed by atoms with Crippen molar-refractivity contribution in [2.45, 2.75) is 19.4 Å². The first-order valence-electron chi connectivity index (χ1n) is 4.77. The van der Waals surface area contributed by atoms with E-state index < -0.39 is 23.5 Å². The third kappa shape index (κ3) is 2.94. The van der Waals surface area contributed by atoms with Crippen LogP contribution < -0.4 is 10.9 Å². The number of carbonyl (C=O) groups excluding carboxylic acids is 1. The number of carboxylic acid groups (broad SMARTS) is 1. The van der Waals surface area contributed by atoms with Crippen LogP contribution in [0.3, 0.4) is 0 Å². The van der Waals surface area contributed by atoms with E-state index in [0.717, 1.165) is 6.07 Å². The Morgan fingerprint density at radius 1 is 1.56 bits per heavy atom. The summed E-state index contributed by atoms with van der Waals surface area (Å²) in [6.07, 6.45) is 1.61. The van der Waals surface area contributed by atoms with Gasteiger partial charge in [-0.2, -0.15) is 0 Å². The number of carboxylic acids is 1. The Morgan fingerprint density at radius 3 is 2.75 bits per heavy atom. The Morgan fingerprint density at radius 2 is 2.25 bits per heavy atom. The van der Waals surface area contributed by atoms with Gasteiger partial charge in [0.25, 0.3) is 5.91 Å². The molecule has 1 atom stereocenters. The monoisotopic (exact) mass is 224 g/mol. The van der Waals surface area contributed by atoms with E-state index in [0.29, 0.717) is 0 Å². The van der Waals surface area contributed by atoms with E-state index >= 15 is 0 Å². The average Bonchev–Trinajstić information content (AvgIpc) is 2.25. The summed E-state index contributed by atoms with van der Waals surface area (Å²) in [5.74, 6) is -1.67. The van der Waals surface area contributed by atoms with Gasteiger partial charge in [0.1, 0.15) is 6.04 Å². The Labute approximate surface area is 91.3 Å². The second-order valence-electron chi connectivity index (χ2n) is 3.21. The van der Waals surface area contributed by atoms with Crippen molar-refractivity contribution in [3.63, 3.8) is 0 Å². The smallest absolute Gasteiger partial charge is 0.326 e. The summed E-state index contributed by atoms with van der Waals surface area (Å²) in [5, 5.41) is 11.1. The molecule has 1 aromatic rings. The summed E-state index contributed by atoms with van der Waals surface area (Å²) in [7, 11) is 0. The third-order valence-electron chi connectivity index (χ3n) is 2.05. The van der Waals surface area contributed by atoms with Crippen LogP contribution >= 0.6 is 0 Å². The van der Waals surface area contributed by atoms with Gasteiger partial charge >= 0.3 is 5.97 Å². The van der Waals surface area contributed by atoms with Gasteiger partial charge in [-0.25, -0.2) is 4.79 Å². The van der Waals surface area contributed by atoms with Crippen molar-refractivity contribution in [1.82, 2.24) is 10.3 Å². The van der Waals surface area contributed by atoms with Crippen molar-refractivity contribution in [2.75, 3.05) is 0 Å². The molecule has 6 heteroatoms. The zero-order valence-electron chi connectivity index (χ0n) is 8.69. The molecule has 86 valence electrons. The Hall–Kier alpha value is -2.11. The van der Waals surface area contributed by atoms with Crippen molar-refractivity contribution in [3.05, 3.63) is 34.2 Å². The normalized spacial score (nSPS) is 11.8. The minimum atomic E-state index is -1.10. The van der Waals surface area contributed by atoms with Crippen molar-refractivity contribution in [2.24, 2.45) is 0 Å². The van der Waals surface area contributed by atoms with Crippen molar-refractivity contribution >= 4 is 11.9 Å². The van der Waals surface area contributed by atoms with Crippen molar-refractivity contribution < 1.29 is 14.7 Å². The number of aromatic amines is 1. The van der Waals surface area contributed by atoms with Gasteiger partial charge < -0.3 is 15.4 Å². The van der Waals surface area contributed by atoms with Crippen LogP contribution in [-0.4, -0.2) is 28.0 Å². The molecule has 16 heavy (non-hydrogen) atoms. The lowest BCUT2D eigenvalue weighted by Gasteiger charge is -2.11. The molecule has 1 aromatic heterocycles. The molecule has 1 amide bonds. The largest absolute Gasteiger partial charge is 0.480 e. The van der Waals surface area contributed by atoms with Gasteiger partial charge in [0.15, 0.2) is 0 Å². The Balaban J connectivity index is 2.79. The highest BCUT2D eigenvalue weighted by molar-refractivity contribution is 5.96. The molecule has 0 bridgehead atoms.